The molecule has 1 aromatic heterocycles. The van der Waals surface area contributed by atoms with Crippen LogP contribution < -0.4 is 5.73 Å². The molecule has 1 aromatic carbocycles. The Kier molecular flexibility index (Phi) is 4.04. The van der Waals surface area contributed by atoms with Gasteiger partial charge in [0.05, 0.1) is 11.3 Å². The lowest BCUT2D eigenvalue weighted by Crippen LogP contribution is -2.26. The molecular formula is C14H18FN3O2. The molecule has 0 amide bonds. The number of hydrogen-bond donors (Lipinski definition) is 1. The zero-order valence-corrected chi connectivity index (χ0v) is 11.8. The van der Waals surface area contributed by atoms with Gasteiger partial charge in [-0.1, -0.05) is 18.1 Å². The lowest BCUT2D eigenvalue weighted by molar-refractivity contribution is -0.0403. The molecule has 0 fully saturated rings. The zero-order valence-electron chi connectivity index (χ0n) is 11.8. The maximum Gasteiger partial charge on any atom is 0.260 e. The summed E-state index contributed by atoms with van der Waals surface area (Å²) in [6.45, 7) is 6.30. The van der Waals surface area contributed by atoms with Crippen molar-refractivity contribution >= 4 is 5.69 Å². The minimum atomic E-state index is -0.626. The lowest BCUT2D eigenvalue weighted by atomic mass is 10.0. The summed E-state index contributed by atoms with van der Waals surface area (Å²) in [6.07, 6.45) is 0.693. The number of halogens is 1. The Balaban J connectivity index is 2.40. The molecule has 0 saturated carbocycles. The van der Waals surface area contributed by atoms with Crippen molar-refractivity contribution < 1.29 is 13.7 Å². The number of ether oxygens (including phenoxy) is 1. The maximum absolute atomic E-state index is 13.5. The molecule has 0 spiro atoms. The molecule has 2 rings (SSSR count). The Bertz CT molecular complexity index is 600. The summed E-state index contributed by atoms with van der Waals surface area (Å²) < 4.78 is 24.3. The molecule has 2 aromatic rings. The highest BCUT2D eigenvalue weighted by molar-refractivity contribution is 5.70. The Morgan fingerprint density at radius 2 is 2.15 bits per heavy atom. The summed E-state index contributed by atoms with van der Waals surface area (Å²) in [7, 11) is 0. The van der Waals surface area contributed by atoms with E-state index >= 15 is 0 Å². The predicted molar refractivity (Wildman–Crippen MR) is 73.4 cm³/mol. The second-order valence-electron chi connectivity index (χ2n) is 4.64. The fourth-order valence-electron chi connectivity index (χ4n) is 1.91. The first-order valence-electron chi connectivity index (χ1n) is 6.54. The van der Waals surface area contributed by atoms with Crippen LogP contribution in [0.25, 0.3) is 11.5 Å². The van der Waals surface area contributed by atoms with Gasteiger partial charge in [0.1, 0.15) is 11.4 Å². The van der Waals surface area contributed by atoms with E-state index in [0.29, 0.717) is 24.4 Å². The number of nitrogens with two attached hydrogens (primary N) is 1. The van der Waals surface area contributed by atoms with E-state index in [4.69, 9.17) is 15.0 Å². The van der Waals surface area contributed by atoms with Crippen molar-refractivity contribution in [2.75, 3.05) is 12.3 Å². The van der Waals surface area contributed by atoms with E-state index in [-0.39, 0.29) is 11.6 Å². The number of aromatic nitrogens is 2. The number of rotatable bonds is 5. The first-order valence-corrected chi connectivity index (χ1v) is 6.54. The van der Waals surface area contributed by atoms with Crippen LogP contribution in [0.4, 0.5) is 10.1 Å². The molecule has 6 heteroatoms. The fraction of sp³-hybridized carbons (Fsp3) is 0.429. The van der Waals surface area contributed by atoms with Gasteiger partial charge in [-0.15, -0.1) is 0 Å². The number of anilines is 1. The van der Waals surface area contributed by atoms with Gasteiger partial charge in [0.15, 0.2) is 0 Å². The van der Waals surface area contributed by atoms with Gasteiger partial charge in [0.2, 0.25) is 5.82 Å². The summed E-state index contributed by atoms with van der Waals surface area (Å²) in [6, 6.07) is 4.47. The van der Waals surface area contributed by atoms with Gasteiger partial charge in [-0.2, -0.15) is 4.98 Å². The monoisotopic (exact) mass is 279 g/mol. The van der Waals surface area contributed by atoms with E-state index in [1.165, 1.54) is 6.07 Å². The van der Waals surface area contributed by atoms with Crippen LogP contribution in [-0.2, 0) is 10.3 Å². The fourth-order valence-corrected chi connectivity index (χ4v) is 1.91. The second-order valence-corrected chi connectivity index (χ2v) is 4.64. The van der Waals surface area contributed by atoms with Crippen LogP contribution in [-0.4, -0.2) is 16.7 Å². The minimum absolute atomic E-state index is 0.00249. The zero-order chi connectivity index (χ0) is 14.8. The van der Waals surface area contributed by atoms with E-state index in [2.05, 4.69) is 10.1 Å². The molecule has 1 heterocycles. The molecule has 108 valence electrons. The third-order valence-electron chi connectivity index (χ3n) is 3.32. The number of nitrogen functional groups attached to an aromatic ring is 1. The van der Waals surface area contributed by atoms with Gasteiger partial charge >= 0.3 is 0 Å². The average molecular weight is 279 g/mol. The number of hydrogen-bond acceptors (Lipinski definition) is 5. The minimum Gasteiger partial charge on any atom is -0.396 e. The quantitative estimate of drug-likeness (QED) is 0.851. The van der Waals surface area contributed by atoms with E-state index in [1.54, 1.807) is 12.1 Å². The van der Waals surface area contributed by atoms with Gasteiger partial charge < -0.3 is 15.0 Å². The van der Waals surface area contributed by atoms with Crippen LogP contribution in [0.5, 0.6) is 0 Å². The maximum atomic E-state index is 13.5. The number of para-hydroxylation sites is 1. The highest BCUT2D eigenvalue weighted by Gasteiger charge is 2.31. The van der Waals surface area contributed by atoms with Crippen molar-refractivity contribution in [2.45, 2.75) is 32.8 Å². The molecule has 20 heavy (non-hydrogen) atoms. The molecule has 0 radical (unpaired) electrons. The molecular weight excluding hydrogens is 261 g/mol. The van der Waals surface area contributed by atoms with Gasteiger partial charge in [-0.3, -0.25) is 0 Å². The summed E-state index contributed by atoms with van der Waals surface area (Å²) in [4.78, 5) is 4.29. The Labute approximate surface area is 116 Å². The molecule has 0 bridgehead atoms. The van der Waals surface area contributed by atoms with Gasteiger partial charge in [-0.25, -0.2) is 4.39 Å². The van der Waals surface area contributed by atoms with Gasteiger partial charge in [0.25, 0.3) is 5.89 Å². The van der Waals surface area contributed by atoms with Crippen molar-refractivity contribution in [3.8, 4) is 11.5 Å². The number of nitrogens with zero attached hydrogens (tertiary/aromatic N) is 2. The number of benzene rings is 1. The Morgan fingerprint density at radius 3 is 2.80 bits per heavy atom. The van der Waals surface area contributed by atoms with E-state index in [0.717, 1.165) is 0 Å². The highest BCUT2D eigenvalue weighted by Crippen LogP contribution is 2.31. The molecule has 0 saturated heterocycles. The first kappa shape index (κ1) is 14.5. The third-order valence-corrected chi connectivity index (χ3v) is 3.32. The molecule has 0 aliphatic rings. The molecule has 5 nitrogen and oxygen atoms in total. The van der Waals surface area contributed by atoms with Crippen LogP contribution in [0.15, 0.2) is 22.7 Å². The van der Waals surface area contributed by atoms with Crippen molar-refractivity contribution in [3.63, 3.8) is 0 Å². The smallest absolute Gasteiger partial charge is 0.260 e. The first-order chi connectivity index (χ1) is 9.51. The normalized spacial score (nSPS) is 14.2. The van der Waals surface area contributed by atoms with Crippen molar-refractivity contribution in [3.05, 3.63) is 29.8 Å². The van der Waals surface area contributed by atoms with E-state index < -0.39 is 11.4 Å². The van der Waals surface area contributed by atoms with Crippen LogP contribution in [0, 0.1) is 5.82 Å². The Morgan fingerprint density at radius 1 is 1.40 bits per heavy atom. The van der Waals surface area contributed by atoms with Crippen LogP contribution in [0.3, 0.4) is 0 Å². The van der Waals surface area contributed by atoms with Gasteiger partial charge in [0, 0.05) is 6.61 Å². The van der Waals surface area contributed by atoms with E-state index in [9.17, 15) is 4.39 Å². The average Bonchev–Trinajstić information content (AvgIpc) is 2.92. The third kappa shape index (κ3) is 2.51. The van der Waals surface area contributed by atoms with Crippen molar-refractivity contribution in [1.29, 1.82) is 0 Å². The summed E-state index contributed by atoms with van der Waals surface area (Å²) >= 11 is 0. The molecule has 1 atom stereocenters. The van der Waals surface area contributed by atoms with Crippen LogP contribution >= 0.6 is 0 Å². The largest absolute Gasteiger partial charge is 0.396 e. The molecule has 2 N–H and O–H groups in total. The van der Waals surface area contributed by atoms with Crippen molar-refractivity contribution in [2.24, 2.45) is 0 Å². The summed E-state index contributed by atoms with van der Waals surface area (Å²) in [5, 5.41) is 3.94. The lowest BCUT2D eigenvalue weighted by Gasteiger charge is -2.23. The molecule has 0 aliphatic heterocycles. The van der Waals surface area contributed by atoms with E-state index in [1.807, 2.05) is 20.8 Å². The molecule has 0 aliphatic carbocycles. The van der Waals surface area contributed by atoms with Crippen molar-refractivity contribution in [1.82, 2.24) is 10.1 Å². The van der Waals surface area contributed by atoms with Crippen LogP contribution in [0.2, 0.25) is 0 Å². The van der Waals surface area contributed by atoms with Crippen LogP contribution in [0.1, 0.15) is 33.0 Å². The SMILES string of the molecule is CCOC(C)(CC)c1noc(-c2cccc(F)c2N)n1. The highest BCUT2D eigenvalue weighted by atomic mass is 19.1. The van der Waals surface area contributed by atoms with Gasteiger partial charge in [-0.05, 0) is 32.4 Å². The standard InChI is InChI=1S/C14H18FN3O2/c1-4-14(3,19-5-2)13-17-12(20-18-13)9-7-6-8-10(15)11(9)16/h6-8H,4-5,16H2,1-3H3. The summed E-state index contributed by atoms with van der Waals surface area (Å²) in [5.41, 5.74) is 5.45. The Hall–Kier alpha value is -1.95. The second kappa shape index (κ2) is 5.58. The topological polar surface area (TPSA) is 74.2 Å². The molecule has 1 unspecified atom stereocenters. The summed E-state index contributed by atoms with van der Waals surface area (Å²) in [5.74, 6) is 0.113. The predicted octanol–water partition coefficient (Wildman–Crippen LogP) is 3.12.